The quantitative estimate of drug-likeness (QED) is 0.468. The minimum atomic E-state index is -4.73. The van der Waals surface area contributed by atoms with Crippen LogP contribution in [0.2, 0.25) is 0 Å². The van der Waals surface area contributed by atoms with Gasteiger partial charge in [-0.2, -0.15) is 18.3 Å². The van der Waals surface area contributed by atoms with Crippen molar-refractivity contribution in [1.82, 2.24) is 25.1 Å². The number of benzene rings is 1. The molecule has 34 heavy (non-hydrogen) atoms. The summed E-state index contributed by atoms with van der Waals surface area (Å²) >= 11 is 0. The molecule has 10 heteroatoms. The molecule has 3 heterocycles. The van der Waals surface area contributed by atoms with Gasteiger partial charge in [0.2, 0.25) is 0 Å². The van der Waals surface area contributed by atoms with Crippen LogP contribution < -0.4 is 5.32 Å². The van der Waals surface area contributed by atoms with E-state index < -0.39 is 23.9 Å². The lowest BCUT2D eigenvalue weighted by Gasteiger charge is -2.19. The van der Waals surface area contributed by atoms with Crippen molar-refractivity contribution in [2.75, 3.05) is 0 Å². The number of carbonyl (C=O) groups excluding carboxylic acids is 1. The highest BCUT2D eigenvalue weighted by atomic mass is 19.4. The Morgan fingerprint density at radius 3 is 2.68 bits per heavy atom. The third-order valence-electron chi connectivity index (χ3n) is 5.89. The highest BCUT2D eigenvalue weighted by molar-refractivity contribution is 5.95. The molecular weight excluding hydrogens is 447 g/mol. The predicted octanol–water partition coefficient (Wildman–Crippen LogP) is 4.75. The van der Waals surface area contributed by atoms with Crippen molar-refractivity contribution in [2.24, 2.45) is 0 Å². The molecule has 1 unspecified atom stereocenters. The van der Waals surface area contributed by atoms with E-state index in [-0.39, 0.29) is 11.5 Å². The fraction of sp³-hybridized carbons (Fsp3) is 0.250. The number of rotatable bonds is 4. The zero-order valence-electron chi connectivity index (χ0n) is 18.1. The first-order chi connectivity index (χ1) is 16.3. The first-order valence-electron chi connectivity index (χ1n) is 10.7. The molecule has 1 aliphatic rings. The Labute approximate surface area is 192 Å². The number of nitrogens with one attached hydrogen (secondary N) is 1. The number of amides is 1. The average Bonchev–Trinajstić information content (AvgIpc) is 3.43. The van der Waals surface area contributed by atoms with E-state index in [1.54, 1.807) is 13.1 Å². The molecule has 174 valence electrons. The smallest absolute Gasteiger partial charge is 0.415 e. The summed E-state index contributed by atoms with van der Waals surface area (Å²) in [5.41, 5.74) is 4.34. The Morgan fingerprint density at radius 1 is 1.12 bits per heavy atom. The second-order valence-corrected chi connectivity index (χ2v) is 8.07. The molecule has 1 aliphatic carbocycles. The monoisotopic (exact) mass is 467 g/mol. The number of alkyl halides is 3. The molecule has 1 aromatic carbocycles. The standard InChI is InChI=1S/C24H20F3N5O2/c1-14-18(22(33)31-21(24(25,26)27)19-10-5-11-34-19)13-29-32(14)23-28-12-16-8-4-7-15-6-2-3-9-17(15)20(16)30-23/h2-3,5-6,9-13,21H,4,7-8H2,1H3,(H,31,33). The largest absolute Gasteiger partial charge is 0.467 e. The number of carbonyl (C=O) groups is 1. The minimum absolute atomic E-state index is 0.0141. The van der Waals surface area contributed by atoms with Gasteiger partial charge in [-0.3, -0.25) is 4.79 Å². The molecule has 0 saturated heterocycles. The fourth-order valence-electron chi connectivity index (χ4n) is 4.17. The number of nitrogens with zero attached hydrogens (tertiary/aromatic N) is 4. The van der Waals surface area contributed by atoms with Crippen molar-refractivity contribution in [1.29, 1.82) is 0 Å². The van der Waals surface area contributed by atoms with Gasteiger partial charge in [0.15, 0.2) is 6.04 Å². The molecule has 1 N–H and O–H groups in total. The van der Waals surface area contributed by atoms with Crippen LogP contribution in [0.5, 0.6) is 0 Å². The van der Waals surface area contributed by atoms with Crippen LogP contribution in [0.15, 0.2) is 59.5 Å². The van der Waals surface area contributed by atoms with E-state index in [0.717, 1.165) is 48.4 Å². The van der Waals surface area contributed by atoms with Gasteiger partial charge in [0.05, 0.1) is 29.4 Å². The third kappa shape index (κ3) is 3.95. The molecule has 4 aromatic rings. The molecule has 5 rings (SSSR count). The average molecular weight is 467 g/mol. The Bertz CT molecular complexity index is 1350. The normalized spacial score (nSPS) is 14.1. The van der Waals surface area contributed by atoms with Gasteiger partial charge in [-0.1, -0.05) is 24.3 Å². The molecule has 0 aliphatic heterocycles. The SMILES string of the molecule is Cc1c(C(=O)NC(c2ccco2)C(F)(F)F)cnn1-c1ncc2c(n1)-c1ccccc1CCC2. The van der Waals surface area contributed by atoms with E-state index in [2.05, 4.69) is 16.1 Å². The summed E-state index contributed by atoms with van der Waals surface area (Å²) < 4.78 is 46.8. The molecule has 0 saturated carbocycles. The first-order valence-corrected chi connectivity index (χ1v) is 10.7. The molecule has 0 bridgehead atoms. The summed E-state index contributed by atoms with van der Waals surface area (Å²) in [6.07, 6.45) is 2.10. The number of furan rings is 1. The van der Waals surface area contributed by atoms with Crippen LogP contribution in [0.3, 0.4) is 0 Å². The minimum Gasteiger partial charge on any atom is -0.467 e. The van der Waals surface area contributed by atoms with Crippen LogP contribution in [0.25, 0.3) is 17.2 Å². The number of hydrogen-bond donors (Lipinski definition) is 1. The Morgan fingerprint density at radius 2 is 1.91 bits per heavy atom. The summed E-state index contributed by atoms with van der Waals surface area (Å²) in [4.78, 5) is 21.9. The van der Waals surface area contributed by atoms with Gasteiger partial charge < -0.3 is 9.73 Å². The van der Waals surface area contributed by atoms with Crippen LogP contribution in [0, 0.1) is 6.92 Å². The van der Waals surface area contributed by atoms with Crippen LogP contribution in [-0.4, -0.2) is 31.8 Å². The lowest BCUT2D eigenvalue weighted by Crippen LogP contribution is -2.38. The molecule has 7 nitrogen and oxygen atoms in total. The molecule has 0 radical (unpaired) electrons. The molecule has 1 atom stereocenters. The zero-order chi connectivity index (χ0) is 23.9. The van der Waals surface area contributed by atoms with E-state index in [1.165, 1.54) is 22.5 Å². The van der Waals surface area contributed by atoms with Gasteiger partial charge in [-0.15, -0.1) is 0 Å². The third-order valence-corrected chi connectivity index (χ3v) is 5.89. The van der Waals surface area contributed by atoms with E-state index in [4.69, 9.17) is 9.40 Å². The van der Waals surface area contributed by atoms with Crippen molar-refractivity contribution in [3.8, 4) is 17.2 Å². The van der Waals surface area contributed by atoms with Crippen molar-refractivity contribution < 1.29 is 22.4 Å². The van der Waals surface area contributed by atoms with Crippen molar-refractivity contribution >= 4 is 5.91 Å². The zero-order valence-corrected chi connectivity index (χ0v) is 18.1. The molecular formula is C24H20F3N5O2. The molecule has 0 spiro atoms. The summed E-state index contributed by atoms with van der Waals surface area (Å²) in [5.74, 6) is -1.09. The number of halogens is 3. The molecule has 0 fully saturated rings. The summed E-state index contributed by atoms with van der Waals surface area (Å²) in [6.45, 7) is 1.58. The van der Waals surface area contributed by atoms with Gasteiger partial charge in [0.25, 0.3) is 11.9 Å². The van der Waals surface area contributed by atoms with Gasteiger partial charge in [-0.05, 0) is 49.4 Å². The maximum atomic E-state index is 13.5. The molecule has 3 aromatic heterocycles. The second-order valence-electron chi connectivity index (χ2n) is 8.07. The van der Waals surface area contributed by atoms with Gasteiger partial charge in [-0.25, -0.2) is 14.6 Å². The number of aryl methyl sites for hydroxylation is 2. The van der Waals surface area contributed by atoms with E-state index in [9.17, 15) is 18.0 Å². The van der Waals surface area contributed by atoms with Gasteiger partial charge in [0, 0.05) is 11.8 Å². The lowest BCUT2D eigenvalue weighted by molar-refractivity contribution is -0.159. The summed E-state index contributed by atoms with van der Waals surface area (Å²) in [5, 5.41) is 6.19. The number of hydrogen-bond acceptors (Lipinski definition) is 5. The first kappa shape index (κ1) is 21.9. The van der Waals surface area contributed by atoms with Crippen molar-refractivity contribution in [3.05, 3.63) is 83.2 Å². The van der Waals surface area contributed by atoms with E-state index in [0.29, 0.717) is 5.69 Å². The van der Waals surface area contributed by atoms with Crippen LogP contribution in [-0.2, 0) is 12.8 Å². The second kappa shape index (κ2) is 8.44. The summed E-state index contributed by atoms with van der Waals surface area (Å²) in [7, 11) is 0. The summed E-state index contributed by atoms with van der Waals surface area (Å²) in [6, 6.07) is 8.24. The van der Waals surface area contributed by atoms with Crippen molar-refractivity contribution in [2.45, 2.75) is 38.4 Å². The van der Waals surface area contributed by atoms with E-state index in [1.807, 2.05) is 23.5 Å². The number of fused-ring (bicyclic) bond motifs is 3. The maximum Gasteiger partial charge on any atom is 0.415 e. The van der Waals surface area contributed by atoms with Gasteiger partial charge in [0.1, 0.15) is 5.76 Å². The Balaban J connectivity index is 1.48. The number of aromatic nitrogens is 4. The van der Waals surface area contributed by atoms with E-state index >= 15 is 0 Å². The Kier molecular flexibility index (Phi) is 5.43. The highest BCUT2D eigenvalue weighted by Crippen LogP contribution is 2.34. The van der Waals surface area contributed by atoms with Gasteiger partial charge >= 0.3 is 6.18 Å². The topological polar surface area (TPSA) is 85.8 Å². The highest BCUT2D eigenvalue weighted by Gasteiger charge is 2.44. The predicted molar refractivity (Wildman–Crippen MR) is 116 cm³/mol. The van der Waals surface area contributed by atoms with Crippen LogP contribution in [0.4, 0.5) is 13.2 Å². The fourth-order valence-corrected chi connectivity index (χ4v) is 4.17. The maximum absolute atomic E-state index is 13.5. The molecule has 1 amide bonds. The van der Waals surface area contributed by atoms with Crippen molar-refractivity contribution in [3.63, 3.8) is 0 Å². The van der Waals surface area contributed by atoms with Crippen LogP contribution in [0.1, 0.15) is 45.4 Å². The Hall–Kier alpha value is -3.95. The van der Waals surface area contributed by atoms with Crippen LogP contribution >= 0.6 is 0 Å². The lowest BCUT2D eigenvalue weighted by atomic mass is 10.0.